The van der Waals surface area contributed by atoms with Gasteiger partial charge in [-0.15, -0.1) is 0 Å². The standard InChI is InChI=1S/C19H21F3N4O/c1-3-12-6-4-5-7-13(12)10-24-19(23-2)25-11-16(27)26-15-9-8-14(20)17(21)18(15)22/h4-9H,3,10-11H2,1-2H3,(H,26,27)(H2,23,24,25). The van der Waals surface area contributed by atoms with Crippen LogP contribution in [0.5, 0.6) is 0 Å². The highest BCUT2D eigenvalue weighted by Gasteiger charge is 2.15. The first kappa shape index (κ1) is 20.3. The topological polar surface area (TPSA) is 65.5 Å². The van der Waals surface area contributed by atoms with E-state index in [9.17, 15) is 18.0 Å². The fourth-order valence-electron chi connectivity index (χ4n) is 2.46. The van der Waals surface area contributed by atoms with Crippen LogP contribution in [-0.4, -0.2) is 25.5 Å². The summed E-state index contributed by atoms with van der Waals surface area (Å²) in [5.74, 6) is -4.64. The number of carbonyl (C=O) groups excluding carboxylic acids is 1. The summed E-state index contributed by atoms with van der Waals surface area (Å²) in [6.07, 6.45) is 0.895. The van der Waals surface area contributed by atoms with Crippen molar-refractivity contribution in [2.24, 2.45) is 4.99 Å². The molecule has 2 aromatic carbocycles. The van der Waals surface area contributed by atoms with Gasteiger partial charge in [0.05, 0.1) is 12.2 Å². The predicted octanol–water partition coefficient (Wildman–Crippen LogP) is 2.97. The molecule has 8 heteroatoms. The molecule has 0 saturated heterocycles. The highest BCUT2D eigenvalue weighted by molar-refractivity contribution is 5.95. The molecule has 0 radical (unpaired) electrons. The quantitative estimate of drug-likeness (QED) is 0.411. The molecule has 0 fully saturated rings. The van der Waals surface area contributed by atoms with Gasteiger partial charge in [0, 0.05) is 13.6 Å². The van der Waals surface area contributed by atoms with Crippen LogP contribution in [0, 0.1) is 17.5 Å². The van der Waals surface area contributed by atoms with Gasteiger partial charge in [0.2, 0.25) is 5.91 Å². The molecule has 0 saturated carbocycles. The summed E-state index contributed by atoms with van der Waals surface area (Å²) in [6, 6.07) is 9.65. The van der Waals surface area contributed by atoms with Gasteiger partial charge in [0.25, 0.3) is 0 Å². The van der Waals surface area contributed by atoms with Crippen molar-refractivity contribution in [1.29, 1.82) is 0 Å². The predicted molar refractivity (Wildman–Crippen MR) is 99.0 cm³/mol. The van der Waals surface area contributed by atoms with Crippen molar-refractivity contribution in [3.8, 4) is 0 Å². The summed E-state index contributed by atoms with van der Waals surface area (Å²) >= 11 is 0. The van der Waals surface area contributed by atoms with Crippen LogP contribution < -0.4 is 16.0 Å². The Hall–Kier alpha value is -3.03. The van der Waals surface area contributed by atoms with Gasteiger partial charge in [-0.25, -0.2) is 13.2 Å². The Morgan fingerprint density at radius 3 is 2.37 bits per heavy atom. The minimum atomic E-state index is -1.63. The van der Waals surface area contributed by atoms with E-state index < -0.39 is 29.0 Å². The molecule has 144 valence electrons. The van der Waals surface area contributed by atoms with E-state index in [1.807, 2.05) is 24.3 Å². The third kappa shape index (κ3) is 5.47. The molecule has 0 unspecified atom stereocenters. The number of hydrogen-bond acceptors (Lipinski definition) is 2. The van der Waals surface area contributed by atoms with E-state index in [0.717, 1.165) is 24.1 Å². The van der Waals surface area contributed by atoms with Crippen molar-refractivity contribution in [3.63, 3.8) is 0 Å². The van der Waals surface area contributed by atoms with Crippen molar-refractivity contribution < 1.29 is 18.0 Å². The van der Waals surface area contributed by atoms with Gasteiger partial charge >= 0.3 is 0 Å². The molecule has 0 heterocycles. The van der Waals surface area contributed by atoms with E-state index in [1.54, 1.807) is 7.05 Å². The SMILES string of the molecule is CCc1ccccc1CNC(=NC)NCC(=O)Nc1ccc(F)c(F)c1F. The molecule has 1 amide bonds. The summed E-state index contributed by atoms with van der Waals surface area (Å²) in [5.41, 5.74) is 1.88. The molecule has 3 N–H and O–H groups in total. The average Bonchev–Trinajstić information content (AvgIpc) is 2.68. The maximum atomic E-state index is 13.6. The normalized spacial score (nSPS) is 11.2. The number of nitrogens with zero attached hydrogens (tertiary/aromatic N) is 1. The summed E-state index contributed by atoms with van der Waals surface area (Å²) in [6.45, 7) is 2.35. The monoisotopic (exact) mass is 378 g/mol. The molecule has 0 spiro atoms. The summed E-state index contributed by atoms with van der Waals surface area (Å²) in [5, 5.41) is 8.05. The Morgan fingerprint density at radius 1 is 1.00 bits per heavy atom. The lowest BCUT2D eigenvalue weighted by atomic mass is 10.1. The van der Waals surface area contributed by atoms with Crippen molar-refractivity contribution in [1.82, 2.24) is 10.6 Å². The summed E-state index contributed by atoms with van der Waals surface area (Å²) in [4.78, 5) is 15.9. The number of amides is 1. The molecule has 0 aliphatic rings. The van der Waals surface area contributed by atoms with Crippen molar-refractivity contribution in [2.45, 2.75) is 19.9 Å². The number of halogens is 3. The van der Waals surface area contributed by atoms with Crippen LogP contribution in [0.4, 0.5) is 18.9 Å². The number of aliphatic imine (C=N–C) groups is 1. The third-order valence-corrected chi connectivity index (χ3v) is 3.89. The maximum absolute atomic E-state index is 13.6. The zero-order valence-electron chi connectivity index (χ0n) is 15.1. The van der Waals surface area contributed by atoms with Gasteiger partial charge in [-0.2, -0.15) is 0 Å². The van der Waals surface area contributed by atoms with E-state index in [0.29, 0.717) is 12.5 Å². The first-order chi connectivity index (χ1) is 13.0. The van der Waals surface area contributed by atoms with Gasteiger partial charge in [-0.3, -0.25) is 9.79 Å². The maximum Gasteiger partial charge on any atom is 0.243 e. The number of aryl methyl sites for hydroxylation is 1. The molecule has 0 bridgehead atoms. The zero-order chi connectivity index (χ0) is 19.8. The molecule has 5 nitrogen and oxygen atoms in total. The number of rotatable bonds is 6. The Morgan fingerprint density at radius 2 is 1.70 bits per heavy atom. The Kier molecular flexibility index (Phi) is 7.22. The van der Waals surface area contributed by atoms with Crippen LogP contribution in [0.2, 0.25) is 0 Å². The number of benzene rings is 2. The van der Waals surface area contributed by atoms with Gasteiger partial charge in [0.15, 0.2) is 23.4 Å². The number of carbonyl (C=O) groups is 1. The molecule has 2 aromatic rings. The lowest BCUT2D eigenvalue weighted by molar-refractivity contribution is -0.115. The Balaban J connectivity index is 1.88. The van der Waals surface area contributed by atoms with Gasteiger partial charge in [-0.05, 0) is 29.7 Å². The summed E-state index contributed by atoms with van der Waals surface area (Å²) in [7, 11) is 1.55. The molecule has 27 heavy (non-hydrogen) atoms. The molecule has 0 aromatic heterocycles. The number of nitrogens with one attached hydrogen (secondary N) is 3. The van der Waals surface area contributed by atoms with Gasteiger partial charge in [0.1, 0.15) is 0 Å². The van der Waals surface area contributed by atoms with Crippen molar-refractivity contribution in [3.05, 3.63) is 65.0 Å². The van der Waals surface area contributed by atoms with Gasteiger partial charge < -0.3 is 16.0 Å². The zero-order valence-corrected chi connectivity index (χ0v) is 15.1. The van der Waals surface area contributed by atoms with E-state index >= 15 is 0 Å². The highest BCUT2D eigenvalue weighted by Crippen LogP contribution is 2.19. The average molecular weight is 378 g/mol. The third-order valence-electron chi connectivity index (χ3n) is 3.89. The van der Waals surface area contributed by atoms with Crippen molar-refractivity contribution >= 4 is 17.6 Å². The second kappa shape index (κ2) is 9.61. The van der Waals surface area contributed by atoms with Crippen LogP contribution in [0.25, 0.3) is 0 Å². The number of guanidine groups is 1. The fraction of sp³-hybridized carbons (Fsp3) is 0.263. The largest absolute Gasteiger partial charge is 0.352 e. The lowest BCUT2D eigenvalue weighted by Crippen LogP contribution is -2.41. The smallest absolute Gasteiger partial charge is 0.243 e. The van der Waals surface area contributed by atoms with E-state index in [2.05, 4.69) is 27.9 Å². The number of anilines is 1. The fourth-order valence-corrected chi connectivity index (χ4v) is 2.46. The van der Waals surface area contributed by atoms with Gasteiger partial charge in [-0.1, -0.05) is 31.2 Å². The minimum absolute atomic E-state index is 0.229. The Labute approximate surface area is 155 Å². The van der Waals surface area contributed by atoms with Crippen LogP contribution in [-0.2, 0) is 17.8 Å². The van der Waals surface area contributed by atoms with Crippen LogP contribution in [0.1, 0.15) is 18.1 Å². The Bertz CT molecular complexity index is 840. The molecule has 2 rings (SSSR count). The van der Waals surface area contributed by atoms with E-state index in [-0.39, 0.29) is 6.54 Å². The molecular weight excluding hydrogens is 357 g/mol. The first-order valence-corrected chi connectivity index (χ1v) is 8.40. The minimum Gasteiger partial charge on any atom is -0.352 e. The van der Waals surface area contributed by atoms with Crippen molar-refractivity contribution in [2.75, 3.05) is 18.9 Å². The second-order valence-electron chi connectivity index (χ2n) is 5.67. The van der Waals surface area contributed by atoms with Crippen LogP contribution >= 0.6 is 0 Å². The molecule has 0 aliphatic carbocycles. The molecular formula is C19H21F3N4O. The summed E-state index contributed by atoms with van der Waals surface area (Å²) < 4.78 is 39.7. The van der Waals surface area contributed by atoms with Crippen LogP contribution in [0.15, 0.2) is 41.4 Å². The lowest BCUT2D eigenvalue weighted by Gasteiger charge is -2.14. The van der Waals surface area contributed by atoms with E-state index in [1.165, 1.54) is 5.56 Å². The second-order valence-corrected chi connectivity index (χ2v) is 5.67. The molecule has 0 aliphatic heterocycles. The highest BCUT2D eigenvalue weighted by atomic mass is 19.2. The van der Waals surface area contributed by atoms with Crippen LogP contribution in [0.3, 0.4) is 0 Å². The molecule has 0 atom stereocenters. The van der Waals surface area contributed by atoms with E-state index in [4.69, 9.17) is 0 Å². The number of hydrogen-bond donors (Lipinski definition) is 3. The first-order valence-electron chi connectivity index (χ1n) is 8.40.